The zero-order valence-electron chi connectivity index (χ0n) is 15.0. The number of alkyl halides is 3. The van der Waals surface area contributed by atoms with Gasteiger partial charge in [-0.1, -0.05) is 0 Å². The van der Waals surface area contributed by atoms with Crippen molar-refractivity contribution in [3.8, 4) is 5.75 Å². The fourth-order valence-electron chi connectivity index (χ4n) is 2.58. The molecule has 0 atom stereocenters. The van der Waals surface area contributed by atoms with Crippen molar-refractivity contribution in [2.75, 3.05) is 18.4 Å². The number of ether oxygens (including phenoxy) is 2. The summed E-state index contributed by atoms with van der Waals surface area (Å²) in [5, 5.41) is 5.33. The van der Waals surface area contributed by atoms with Crippen molar-refractivity contribution in [1.82, 2.24) is 10.2 Å². The highest BCUT2D eigenvalue weighted by atomic mass is 19.4. The lowest BCUT2D eigenvalue weighted by atomic mass is 10.1. The SMILES string of the molecule is CC(C)OC(=O)N1CCC(NC(=O)Nc2ccc(OC(F)(F)F)cc2)CC1.[HH].[HH]. The molecule has 0 aliphatic carbocycles. The Morgan fingerprint density at radius 2 is 1.78 bits per heavy atom. The quantitative estimate of drug-likeness (QED) is 0.803. The topological polar surface area (TPSA) is 79.9 Å². The first-order valence-electron chi connectivity index (χ1n) is 8.51. The summed E-state index contributed by atoms with van der Waals surface area (Å²) in [7, 11) is 0. The number of piperidine rings is 1. The molecule has 27 heavy (non-hydrogen) atoms. The third-order valence-corrected chi connectivity index (χ3v) is 3.77. The molecule has 0 spiro atoms. The molecule has 3 amide bonds. The van der Waals surface area contributed by atoms with Gasteiger partial charge in [-0.2, -0.15) is 0 Å². The van der Waals surface area contributed by atoms with Crippen LogP contribution in [0.3, 0.4) is 0 Å². The van der Waals surface area contributed by atoms with E-state index < -0.39 is 12.4 Å². The Morgan fingerprint density at radius 1 is 1.19 bits per heavy atom. The molecule has 154 valence electrons. The van der Waals surface area contributed by atoms with Crippen LogP contribution in [0.5, 0.6) is 5.75 Å². The van der Waals surface area contributed by atoms with Crippen molar-refractivity contribution >= 4 is 17.8 Å². The molecule has 0 unspecified atom stereocenters. The Balaban J connectivity index is 0.00000392. The van der Waals surface area contributed by atoms with E-state index in [9.17, 15) is 22.8 Å². The van der Waals surface area contributed by atoms with Crippen molar-refractivity contribution in [3.05, 3.63) is 24.3 Å². The third kappa shape index (κ3) is 7.24. The maximum atomic E-state index is 12.1. The van der Waals surface area contributed by atoms with Gasteiger partial charge in [-0.3, -0.25) is 0 Å². The minimum atomic E-state index is -4.76. The van der Waals surface area contributed by atoms with Crippen molar-refractivity contribution in [2.45, 2.75) is 45.2 Å². The van der Waals surface area contributed by atoms with Crippen molar-refractivity contribution in [3.63, 3.8) is 0 Å². The number of carbonyl (C=O) groups is 2. The Kier molecular flexibility index (Phi) is 6.75. The Hall–Kier alpha value is -2.65. The van der Waals surface area contributed by atoms with E-state index in [1.165, 1.54) is 12.1 Å². The van der Waals surface area contributed by atoms with Crippen LogP contribution < -0.4 is 15.4 Å². The number of urea groups is 1. The number of carbonyl (C=O) groups excluding carboxylic acids is 2. The van der Waals surface area contributed by atoms with Crippen molar-refractivity contribution in [2.24, 2.45) is 0 Å². The van der Waals surface area contributed by atoms with E-state index in [1.54, 1.807) is 18.7 Å². The van der Waals surface area contributed by atoms with Gasteiger partial charge >= 0.3 is 18.5 Å². The summed E-state index contributed by atoms with van der Waals surface area (Å²) >= 11 is 0. The predicted octanol–water partition coefficient (Wildman–Crippen LogP) is 4.21. The average Bonchev–Trinajstić information content (AvgIpc) is 2.55. The molecular weight excluding hydrogens is 367 g/mol. The van der Waals surface area contributed by atoms with Crippen LogP contribution in [0.2, 0.25) is 0 Å². The Labute approximate surface area is 157 Å². The van der Waals surface area contributed by atoms with E-state index in [4.69, 9.17) is 4.74 Å². The van der Waals surface area contributed by atoms with Gasteiger partial charge in [0.2, 0.25) is 0 Å². The predicted molar refractivity (Wildman–Crippen MR) is 95.7 cm³/mol. The molecule has 10 heteroatoms. The molecule has 0 radical (unpaired) electrons. The largest absolute Gasteiger partial charge is 0.573 e. The minimum absolute atomic E-state index is 0. The number of amides is 3. The van der Waals surface area contributed by atoms with Gasteiger partial charge in [-0.15, -0.1) is 13.2 Å². The minimum Gasteiger partial charge on any atom is -0.447 e. The Bertz CT molecular complexity index is 652. The van der Waals surface area contributed by atoms with Gasteiger partial charge in [0.1, 0.15) is 5.75 Å². The molecule has 0 bridgehead atoms. The van der Waals surface area contributed by atoms with Gasteiger partial charge in [0.15, 0.2) is 0 Å². The smallest absolute Gasteiger partial charge is 0.447 e. The van der Waals surface area contributed by atoms with Crippen LogP contribution in [0.15, 0.2) is 24.3 Å². The summed E-state index contributed by atoms with van der Waals surface area (Å²) in [6, 6.07) is 4.27. The van der Waals surface area contributed by atoms with E-state index in [2.05, 4.69) is 15.4 Å². The Morgan fingerprint density at radius 3 is 2.30 bits per heavy atom. The molecule has 1 saturated heterocycles. The van der Waals surface area contributed by atoms with E-state index in [0.717, 1.165) is 12.1 Å². The van der Waals surface area contributed by atoms with Gasteiger partial charge in [-0.05, 0) is 51.0 Å². The third-order valence-electron chi connectivity index (χ3n) is 3.77. The van der Waals surface area contributed by atoms with Crippen LogP contribution in [-0.4, -0.2) is 48.6 Å². The molecule has 1 heterocycles. The lowest BCUT2D eigenvalue weighted by molar-refractivity contribution is -0.274. The van der Waals surface area contributed by atoms with E-state index in [-0.39, 0.29) is 26.8 Å². The highest BCUT2D eigenvalue weighted by Gasteiger charge is 2.31. The van der Waals surface area contributed by atoms with Crippen molar-refractivity contribution < 1.29 is 35.1 Å². The number of nitrogens with zero attached hydrogens (tertiary/aromatic N) is 1. The first kappa shape index (κ1) is 20.7. The molecule has 1 aliphatic rings. The number of benzene rings is 1. The maximum Gasteiger partial charge on any atom is 0.573 e. The second-order valence-electron chi connectivity index (χ2n) is 6.36. The summed E-state index contributed by atoms with van der Waals surface area (Å²) in [6.45, 7) is 4.50. The summed E-state index contributed by atoms with van der Waals surface area (Å²) in [5.41, 5.74) is 0.333. The van der Waals surface area contributed by atoms with Crippen LogP contribution in [0.4, 0.5) is 28.4 Å². The van der Waals surface area contributed by atoms with Crippen LogP contribution >= 0.6 is 0 Å². The monoisotopic (exact) mass is 393 g/mol. The highest BCUT2D eigenvalue weighted by Crippen LogP contribution is 2.24. The molecule has 7 nitrogen and oxygen atoms in total. The summed E-state index contributed by atoms with van der Waals surface area (Å²) in [4.78, 5) is 25.4. The molecule has 0 aromatic heterocycles. The first-order valence-corrected chi connectivity index (χ1v) is 8.51. The summed E-state index contributed by atoms with van der Waals surface area (Å²) in [6.07, 6.45) is -4.15. The number of hydrogen-bond donors (Lipinski definition) is 2. The van der Waals surface area contributed by atoms with Gasteiger partial charge in [0.05, 0.1) is 6.10 Å². The second-order valence-corrected chi connectivity index (χ2v) is 6.36. The van der Waals surface area contributed by atoms with Crippen LogP contribution in [0, 0.1) is 0 Å². The van der Waals surface area contributed by atoms with Crippen LogP contribution in [0.1, 0.15) is 29.5 Å². The second kappa shape index (κ2) is 8.83. The molecule has 1 fully saturated rings. The van der Waals surface area contributed by atoms with E-state index in [0.29, 0.717) is 31.6 Å². The first-order chi connectivity index (χ1) is 12.6. The van der Waals surface area contributed by atoms with Crippen LogP contribution in [-0.2, 0) is 4.74 Å². The standard InChI is InChI=1S/C17H22F3N3O4.2H2/c1-11(2)26-16(25)23-9-7-13(8-10-23)22-15(24)21-12-3-5-14(6-4-12)27-17(18,19)20;;/h3-6,11,13H,7-10H2,1-2H3,(H2,21,22,24);2*1H. The van der Waals surface area contributed by atoms with Gasteiger partial charge in [0, 0.05) is 27.7 Å². The molecule has 0 saturated carbocycles. The molecule has 2 rings (SSSR count). The number of likely N-dealkylation sites (tertiary alicyclic amines) is 1. The zero-order valence-corrected chi connectivity index (χ0v) is 15.0. The molecule has 1 aliphatic heterocycles. The molecule has 1 aromatic rings. The van der Waals surface area contributed by atoms with E-state index >= 15 is 0 Å². The highest BCUT2D eigenvalue weighted by molar-refractivity contribution is 5.89. The van der Waals surface area contributed by atoms with Crippen LogP contribution in [0.25, 0.3) is 0 Å². The van der Waals surface area contributed by atoms with E-state index in [1.807, 2.05) is 0 Å². The summed E-state index contributed by atoms with van der Waals surface area (Å²) < 4.78 is 45.3. The lowest BCUT2D eigenvalue weighted by Crippen LogP contribution is -2.48. The lowest BCUT2D eigenvalue weighted by Gasteiger charge is -2.32. The normalized spacial score (nSPS) is 15.4. The van der Waals surface area contributed by atoms with Crippen molar-refractivity contribution in [1.29, 1.82) is 0 Å². The number of hydrogen-bond acceptors (Lipinski definition) is 4. The molecule has 1 aromatic carbocycles. The number of halogens is 3. The number of nitrogens with one attached hydrogen (secondary N) is 2. The summed E-state index contributed by atoms with van der Waals surface area (Å²) in [5.74, 6) is -0.367. The molecular formula is C17H26F3N3O4. The number of rotatable bonds is 4. The average molecular weight is 393 g/mol. The molecule has 2 N–H and O–H groups in total. The van der Waals surface area contributed by atoms with Gasteiger partial charge in [-0.25, -0.2) is 9.59 Å². The number of anilines is 1. The fourth-order valence-corrected chi connectivity index (χ4v) is 2.58. The maximum absolute atomic E-state index is 12.1. The van der Waals surface area contributed by atoms with Gasteiger partial charge in [0.25, 0.3) is 0 Å². The zero-order chi connectivity index (χ0) is 20.0. The fraction of sp³-hybridized carbons (Fsp3) is 0.529. The van der Waals surface area contributed by atoms with Gasteiger partial charge < -0.3 is 25.0 Å².